The molecule has 0 radical (unpaired) electrons. The van der Waals surface area contributed by atoms with Crippen LogP contribution in [-0.2, 0) is 0 Å². The molecule has 2 fully saturated rings. The molecule has 2 heterocycles. The lowest BCUT2D eigenvalue weighted by molar-refractivity contribution is 0.0199. The summed E-state index contributed by atoms with van der Waals surface area (Å²) in [7, 11) is 2.17. The van der Waals surface area contributed by atoms with Crippen molar-refractivity contribution in [2.75, 3.05) is 13.7 Å². The van der Waals surface area contributed by atoms with Gasteiger partial charge in [-0.05, 0) is 56.3 Å². The summed E-state index contributed by atoms with van der Waals surface area (Å²) in [6, 6.07) is 8.84. The zero-order valence-corrected chi connectivity index (χ0v) is 11.5. The number of rotatable bonds is 2. The topological polar surface area (TPSA) is 23.5 Å². The molecule has 3 atom stereocenters. The summed E-state index contributed by atoms with van der Waals surface area (Å²) in [5.74, 6) is 0.541. The average molecular weight is 266 g/mol. The van der Waals surface area contributed by atoms with E-state index in [0.717, 1.165) is 17.9 Å². The van der Waals surface area contributed by atoms with Crippen LogP contribution >= 0.6 is 11.6 Å². The van der Waals surface area contributed by atoms with Crippen LogP contribution in [0, 0.1) is 0 Å². The molecule has 0 amide bonds. The Hall–Kier alpha value is -0.570. The molecular weight excluding hydrogens is 246 g/mol. The van der Waals surface area contributed by atoms with Gasteiger partial charge in [-0.1, -0.05) is 23.7 Å². The van der Waals surface area contributed by atoms with Gasteiger partial charge in [-0.25, -0.2) is 0 Å². The van der Waals surface area contributed by atoms with Crippen molar-refractivity contribution < 1.29 is 5.11 Å². The molecule has 2 aliphatic heterocycles. The van der Waals surface area contributed by atoms with E-state index in [2.05, 4.69) is 24.1 Å². The van der Waals surface area contributed by atoms with Crippen LogP contribution in [0.25, 0.3) is 0 Å². The Morgan fingerprint density at radius 1 is 1.50 bits per heavy atom. The van der Waals surface area contributed by atoms with Crippen LogP contribution in [0.15, 0.2) is 24.3 Å². The van der Waals surface area contributed by atoms with E-state index in [1.165, 1.54) is 18.4 Å². The lowest BCUT2D eigenvalue weighted by Crippen LogP contribution is -2.52. The molecule has 2 nitrogen and oxygen atoms in total. The van der Waals surface area contributed by atoms with Gasteiger partial charge < -0.3 is 5.11 Å². The first-order valence-corrected chi connectivity index (χ1v) is 7.12. The lowest BCUT2D eigenvalue weighted by atomic mass is 9.79. The fourth-order valence-electron chi connectivity index (χ4n) is 3.85. The van der Waals surface area contributed by atoms with Gasteiger partial charge in [-0.15, -0.1) is 0 Å². The van der Waals surface area contributed by atoms with Crippen molar-refractivity contribution in [3.8, 4) is 0 Å². The van der Waals surface area contributed by atoms with E-state index in [4.69, 9.17) is 11.6 Å². The van der Waals surface area contributed by atoms with Crippen molar-refractivity contribution in [3.63, 3.8) is 0 Å². The Bertz CT molecular complexity index is 450. The standard InChI is InChI=1S/C15H20ClNO/c1-17-14-5-6-15(17,10-18)9-12(8-14)11-3-2-4-13(16)7-11/h2-4,7,12,14,18H,5-6,8-10H2,1H3/t12-,14?,15?/m0/s1. The van der Waals surface area contributed by atoms with Gasteiger partial charge in [0, 0.05) is 16.6 Å². The summed E-state index contributed by atoms with van der Waals surface area (Å²) in [5, 5.41) is 10.6. The number of fused-ring (bicyclic) bond motifs is 2. The van der Waals surface area contributed by atoms with Crippen molar-refractivity contribution in [1.82, 2.24) is 4.90 Å². The van der Waals surface area contributed by atoms with Gasteiger partial charge in [0.15, 0.2) is 0 Å². The molecule has 18 heavy (non-hydrogen) atoms. The Morgan fingerprint density at radius 3 is 3.06 bits per heavy atom. The molecule has 2 bridgehead atoms. The van der Waals surface area contributed by atoms with Crippen molar-refractivity contribution in [2.24, 2.45) is 0 Å². The molecular formula is C15H20ClNO. The zero-order chi connectivity index (χ0) is 12.8. The lowest BCUT2D eigenvalue weighted by Gasteiger charge is -2.45. The average Bonchev–Trinajstić information content (AvgIpc) is 2.59. The first-order chi connectivity index (χ1) is 8.64. The number of likely N-dealkylation sites (N-methyl/N-ethyl adjacent to an activating group) is 1. The highest BCUT2D eigenvalue weighted by atomic mass is 35.5. The molecule has 0 aromatic heterocycles. The van der Waals surface area contributed by atoms with Gasteiger partial charge in [-0.3, -0.25) is 4.90 Å². The fourth-order valence-corrected chi connectivity index (χ4v) is 4.05. The second-order valence-electron chi connectivity index (χ2n) is 5.88. The van der Waals surface area contributed by atoms with E-state index < -0.39 is 0 Å². The highest BCUT2D eigenvalue weighted by Gasteiger charge is 2.49. The maximum atomic E-state index is 9.79. The van der Waals surface area contributed by atoms with Crippen LogP contribution in [0.4, 0.5) is 0 Å². The smallest absolute Gasteiger partial charge is 0.0615 e. The Labute approximate surface area is 114 Å². The summed E-state index contributed by atoms with van der Waals surface area (Å²) in [6.07, 6.45) is 4.59. The summed E-state index contributed by atoms with van der Waals surface area (Å²) < 4.78 is 0. The largest absolute Gasteiger partial charge is 0.394 e. The summed E-state index contributed by atoms with van der Waals surface area (Å²) >= 11 is 6.09. The third-order valence-electron chi connectivity index (χ3n) is 5.04. The highest BCUT2D eigenvalue weighted by Crippen LogP contribution is 2.48. The van der Waals surface area contributed by atoms with Gasteiger partial charge in [0.1, 0.15) is 0 Å². The number of hydrogen-bond donors (Lipinski definition) is 1. The molecule has 2 aliphatic rings. The minimum atomic E-state index is 0.00982. The van der Waals surface area contributed by atoms with Crippen molar-refractivity contribution in [1.29, 1.82) is 0 Å². The Morgan fingerprint density at radius 2 is 2.33 bits per heavy atom. The number of halogens is 1. The van der Waals surface area contributed by atoms with E-state index in [1.54, 1.807) is 0 Å². The van der Waals surface area contributed by atoms with Crippen LogP contribution < -0.4 is 0 Å². The molecule has 3 rings (SSSR count). The van der Waals surface area contributed by atoms with Crippen molar-refractivity contribution in [3.05, 3.63) is 34.9 Å². The molecule has 1 aromatic rings. The Kier molecular flexibility index (Phi) is 3.13. The first kappa shape index (κ1) is 12.5. The van der Waals surface area contributed by atoms with Gasteiger partial charge in [0.25, 0.3) is 0 Å². The van der Waals surface area contributed by atoms with Crippen LogP contribution in [0.3, 0.4) is 0 Å². The molecule has 98 valence electrons. The highest BCUT2D eigenvalue weighted by molar-refractivity contribution is 6.30. The summed E-state index contributed by atoms with van der Waals surface area (Å²) in [5.41, 5.74) is 1.34. The monoisotopic (exact) mass is 265 g/mol. The van der Waals surface area contributed by atoms with Crippen LogP contribution in [0.2, 0.25) is 5.02 Å². The first-order valence-electron chi connectivity index (χ1n) is 6.74. The maximum absolute atomic E-state index is 9.79. The van der Waals surface area contributed by atoms with E-state index >= 15 is 0 Å². The second-order valence-corrected chi connectivity index (χ2v) is 6.31. The SMILES string of the molecule is CN1C2CCC1(CO)C[C@@H](c1cccc(Cl)c1)C2. The third kappa shape index (κ3) is 1.87. The zero-order valence-electron chi connectivity index (χ0n) is 10.8. The van der Waals surface area contributed by atoms with Crippen molar-refractivity contribution in [2.45, 2.75) is 43.2 Å². The number of nitrogens with zero attached hydrogens (tertiary/aromatic N) is 1. The predicted octanol–water partition coefficient (Wildman–Crippen LogP) is 3.04. The normalized spacial score (nSPS) is 35.9. The molecule has 0 saturated carbocycles. The van der Waals surface area contributed by atoms with Crippen LogP contribution in [0.1, 0.15) is 37.2 Å². The predicted molar refractivity (Wildman–Crippen MR) is 74.0 cm³/mol. The van der Waals surface area contributed by atoms with Gasteiger partial charge in [0.05, 0.1) is 6.61 Å². The third-order valence-corrected chi connectivity index (χ3v) is 5.27. The molecule has 1 aromatic carbocycles. The van der Waals surface area contributed by atoms with E-state index in [-0.39, 0.29) is 12.1 Å². The van der Waals surface area contributed by atoms with Gasteiger partial charge >= 0.3 is 0 Å². The molecule has 2 unspecified atom stereocenters. The number of aliphatic hydroxyl groups is 1. The van der Waals surface area contributed by atoms with E-state index in [1.807, 2.05) is 12.1 Å². The number of benzene rings is 1. The minimum Gasteiger partial charge on any atom is -0.394 e. The molecule has 0 aliphatic carbocycles. The number of aliphatic hydroxyl groups excluding tert-OH is 1. The van der Waals surface area contributed by atoms with E-state index in [9.17, 15) is 5.11 Å². The summed E-state index contributed by atoms with van der Waals surface area (Å²) in [4.78, 5) is 2.41. The molecule has 3 heteroatoms. The van der Waals surface area contributed by atoms with Crippen LogP contribution in [-0.4, -0.2) is 35.2 Å². The maximum Gasteiger partial charge on any atom is 0.0615 e. The van der Waals surface area contributed by atoms with Crippen molar-refractivity contribution >= 4 is 11.6 Å². The minimum absolute atomic E-state index is 0.00982. The summed E-state index contributed by atoms with van der Waals surface area (Å²) in [6.45, 7) is 0.275. The Balaban J connectivity index is 1.89. The molecule has 0 spiro atoms. The van der Waals surface area contributed by atoms with Gasteiger partial charge in [-0.2, -0.15) is 0 Å². The number of piperidine rings is 1. The van der Waals surface area contributed by atoms with Crippen LogP contribution in [0.5, 0.6) is 0 Å². The quantitative estimate of drug-likeness (QED) is 0.889. The molecule has 2 saturated heterocycles. The molecule has 1 N–H and O–H groups in total. The van der Waals surface area contributed by atoms with E-state index in [0.29, 0.717) is 12.0 Å². The van der Waals surface area contributed by atoms with Gasteiger partial charge in [0.2, 0.25) is 0 Å². The second kappa shape index (κ2) is 4.52. The number of hydrogen-bond acceptors (Lipinski definition) is 2. The fraction of sp³-hybridized carbons (Fsp3) is 0.600.